The second-order valence-electron chi connectivity index (χ2n) is 2.91. The van der Waals surface area contributed by atoms with Gasteiger partial charge in [-0.2, -0.15) is 0 Å². The Morgan fingerprint density at radius 3 is 3.00 bits per heavy atom. The summed E-state index contributed by atoms with van der Waals surface area (Å²) in [5, 5.41) is 8.78. The quantitative estimate of drug-likeness (QED) is 0.628. The number of carbonyl (C=O) groups is 1. The Kier molecular flexibility index (Phi) is 1.62. The molecule has 4 nitrogen and oxygen atoms in total. The number of aromatic carboxylic acids is 1. The Morgan fingerprint density at radius 2 is 2.31 bits per heavy atom. The summed E-state index contributed by atoms with van der Waals surface area (Å²) in [6.07, 6.45) is 0.697. The molecule has 1 aliphatic rings. The van der Waals surface area contributed by atoms with Gasteiger partial charge in [0.05, 0.1) is 17.9 Å². The van der Waals surface area contributed by atoms with Crippen LogP contribution in [0, 0.1) is 0 Å². The summed E-state index contributed by atoms with van der Waals surface area (Å²) in [4.78, 5) is 10.7. The first kappa shape index (κ1) is 7.91. The van der Waals surface area contributed by atoms with E-state index in [9.17, 15) is 4.79 Å². The van der Waals surface area contributed by atoms with Gasteiger partial charge in [0.2, 0.25) is 0 Å². The monoisotopic (exact) mass is 179 g/mol. The van der Waals surface area contributed by atoms with Crippen LogP contribution in [-0.2, 0) is 6.42 Å². The summed E-state index contributed by atoms with van der Waals surface area (Å²) >= 11 is 0. The summed E-state index contributed by atoms with van der Waals surface area (Å²) in [6, 6.07) is 3.13. The normalized spacial score (nSPS) is 13.5. The number of nitrogens with two attached hydrogens (primary N) is 1. The highest BCUT2D eigenvalue weighted by Crippen LogP contribution is 2.32. The van der Waals surface area contributed by atoms with Crippen LogP contribution in [0.4, 0.5) is 5.69 Å². The van der Waals surface area contributed by atoms with Crippen molar-refractivity contribution in [1.82, 2.24) is 0 Å². The van der Waals surface area contributed by atoms with E-state index in [2.05, 4.69) is 0 Å². The third-order valence-corrected chi connectivity index (χ3v) is 2.15. The first-order chi connectivity index (χ1) is 6.20. The van der Waals surface area contributed by atoms with Gasteiger partial charge in [0.15, 0.2) is 0 Å². The first-order valence-electron chi connectivity index (χ1n) is 3.97. The van der Waals surface area contributed by atoms with Gasteiger partial charge in [-0.05, 0) is 12.1 Å². The van der Waals surface area contributed by atoms with Crippen molar-refractivity contribution in [3.8, 4) is 5.75 Å². The predicted octanol–water partition coefficient (Wildman–Crippen LogP) is 0.902. The zero-order valence-corrected chi connectivity index (χ0v) is 6.91. The van der Waals surface area contributed by atoms with E-state index in [1.807, 2.05) is 0 Å². The fourth-order valence-corrected chi connectivity index (χ4v) is 1.49. The van der Waals surface area contributed by atoms with Crippen molar-refractivity contribution in [2.45, 2.75) is 6.42 Å². The van der Waals surface area contributed by atoms with E-state index in [1.165, 1.54) is 6.07 Å². The van der Waals surface area contributed by atoms with Gasteiger partial charge in [0.25, 0.3) is 0 Å². The van der Waals surface area contributed by atoms with Gasteiger partial charge in [0, 0.05) is 12.0 Å². The maximum atomic E-state index is 10.7. The molecule has 0 bridgehead atoms. The Labute approximate surface area is 74.9 Å². The van der Waals surface area contributed by atoms with Crippen LogP contribution in [0.2, 0.25) is 0 Å². The van der Waals surface area contributed by atoms with Gasteiger partial charge in [-0.3, -0.25) is 0 Å². The predicted molar refractivity (Wildman–Crippen MR) is 47.0 cm³/mol. The molecule has 1 aliphatic heterocycles. The molecule has 0 radical (unpaired) electrons. The van der Waals surface area contributed by atoms with Crippen LogP contribution in [0.1, 0.15) is 15.9 Å². The van der Waals surface area contributed by atoms with Crippen LogP contribution >= 0.6 is 0 Å². The zero-order valence-electron chi connectivity index (χ0n) is 6.91. The van der Waals surface area contributed by atoms with Gasteiger partial charge in [-0.1, -0.05) is 0 Å². The third-order valence-electron chi connectivity index (χ3n) is 2.15. The van der Waals surface area contributed by atoms with Crippen molar-refractivity contribution >= 4 is 11.7 Å². The van der Waals surface area contributed by atoms with E-state index < -0.39 is 5.97 Å². The minimum atomic E-state index is -0.993. The van der Waals surface area contributed by atoms with Crippen LogP contribution in [0.5, 0.6) is 5.75 Å². The highest BCUT2D eigenvalue weighted by molar-refractivity contribution is 5.95. The lowest BCUT2D eigenvalue weighted by Crippen LogP contribution is -2.04. The van der Waals surface area contributed by atoms with E-state index >= 15 is 0 Å². The molecule has 2 rings (SSSR count). The maximum Gasteiger partial charge on any atom is 0.337 e. The lowest BCUT2D eigenvalue weighted by molar-refractivity contribution is 0.0698. The molecule has 3 N–H and O–H groups in total. The Bertz CT molecular complexity index is 373. The van der Waals surface area contributed by atoms with Crippen molar-refractivity contribution in [3.63, 3.8) is 0 Å². The number of hydrogen-bond acceptors (Lipinski definition) is 3. The Morgan fingerprint density at radius 1 is 1.54 bits per heavy atom. The highest BCUT2D eigenvalue weighted by atomic mass is 16.5. The number of carboxylic acids is 1. The summed E-state index contributed by atoms with van der Waals surface area (Å²) in [7, 11) is 0. The molecule has 0 amide bonds. The van der Waals surface area contributed by atoms with Gasteiger partial charge < -0.3 is 15.6 Å². The van der Waals surface area contributed by atoms with E-state index in [-0.39, 0.29) is 5.56 Å². The molecule has 1 heterocycles. The first-order valence-corrected chi connectivity index (χ1v) is 3.97. The van der Waals surface area contributed by atoms with Crippen molar-refractivity contribution in [2.24, 2.45) is 0 Å². The lowest BCUT2D eigenvalue weighted by Gasteiger charge is -2.05. The van der Waals surface area contributed by atoms with Crippen molar-refractivity contribution in [2.75, 3.05) is 12.3 Å². The van der Waals surface area contributed by atoms with Crippen molar-refractivity contribution in [1.29, 1.82) is 0 Å². The van der Waals surface area contributed by atoms with E-state index in [1.54, 1.807) is 6.07 Å². The maximum absolute atomic E-state index is 10.7. The number of hydrogen-bond donors (Lipinski definition) is 2. The largest absolute Gasteiger partial charge is 0.493 e. The number of carboxylic acid groups (broad SMARTS) is 1. The second-order valence-corrected chi connectivity index (χ2v) is 2.91. The fraction of sp³-hybridized carbons (Fsp3) is 0.222. The van der Waals surface area contributed by atoms with Gasteiger partial charge in [0.1, 0.15) is 5.75 Å². The van der Waals surface area contributed by atoms with E-state index in [0.29, 0.717) is 24.5 Å². The van der Waals surface area contributed by atoms with Crippen LogP contribution in [0.3, 0.4) is 0 Å². The van der Waals surface area contributed by atoms with Crippen molar-refractivity contribution in [3.05, 3.63) is 23.3 Å². The third kappa shape index (κ3) is 1.11. The number of nitrogen functional groups attached to an aromatic ring is 1. The molecule has 0 fully saturated rings. The fourth-order valence-electron chi connectivity index (χ4n) is 1.49. The molecule has 1 aromatic carbocycles. The van der Waals surface area contributed by atoms with E-state index in [4.69, 9.17) is 15.6 Å². The minimum absolute atomic E-state index is 0.157. The number of benzene rings is 1. The molecule has 0 aliphatic carbocycles. The van der Waals surface area contributed by atoms with Crippen molar-refractivity contribution < 1.29 is 14.6 Å². The molecular formula is C9H9NO3. The van der Waals surface area contributed by atoms with Crippen LogP contribution in [-0.4, -0.2) is 17.7 Å². The highest BCUT2D eigenvalue weighted by Gasteiger charge is 2.19. The number of rotatable bonds is 1. The molecule has 68 valence electrons. The summed E-state index contributed by atoms with van der Waals surface area (Å²) in [6.45, 7) is 0.586. The molecular weight excluding hydrogens is 170 g/mol. The topological polar surface area (TPSA) is 72.6 Å². The molecule has 0 saturated heterocycles. The van der Waals surface area contributed by atoms with Gasteiger partial charge in [-0.15, -0.1) is 0 Å². The summed E-state index contributed by atoms with van der Waals surface area (Å²) < 4.78 is 5.24. The molecule has 1 aromatic rings. The molecule has 0 atom stereocenters. The van der Waals surface area contributed by atoms with Gasteiger partial charge >= 0.3 is 5.97 Å². The van der Waals surface area contributed by atoms with Crippen LogP contribution in [0.25, 0.3) is 0 Å². The lowest BCUT2D eigenvalue weighted by atomic mass is 10.1. The van der Waals surface area contributed by atoms with Gasteiger partial charge in [-0.25, -0.2) is 4.79 Å². The zero-order chi connectivity index (χ0) is 9.42. The average Bonchev–Trinajstić information content (AvgIpc) is 2.52. The SMILES string of the molecule is Nc1c(C(=O)O)ccc2c1CCO2. The Hall–Kier alpha value is -1.71. The van der Waals surface area contributed by atoms with Crippen LogP contribution in [0.15, 0.2) is 12.1 Å². The standard InChI is InChI=1S/C9H9NO3/c10-8-5-3-4-13-7(5)2-1-6(8)9(11)12/h1-2H,3-4,10H2,(H,11,12). The smallest absolute Gasteiger partial charge is 0.337 e. The molecule has 0 saturated carbocycles. The molecule has 0 spiro atoms. The molecule has 13 heavy (non-hydrogen) atoms. The van der Waals surface area contributed by atoms with E-state index in [0.717, 1.165) is 5.56 Å². The Balaban J connectivity index is 2.59. The number of fused-ring (bicyclic) bond motifs is 1. The summed E-state index contributed by atoms with van der Waals surface area (Å²) in [5.74, 6) is -0.283. The summed E-state index contributed by atoms with van der Waals surface area (Å²) in [5.41, 5.74) is 6.99. The minimum Gasteiger partial charge on any atom is -0.493 e. The van der Waals surface area contributed by atoms with Crippen LogP contribution < -0.4 is 10.5 Å². The number of ether oxygens (including phenoxy) is 1. The number of anilines is 1. The molecule has 0 unspecified atom stereocenters. The average molecular weight is 179 g/mol. The molecule has 4 heteroatoms. The molecule has 0 aromatic heterocycles. The second kappa shape index (κ2) is 2.65.